The van der Waals surface area contributed by atoms with E-state index in [0.717, 1.165) is 12.8 Å². The normalized spacial score (nSPS) is 17.6. The predicted octanol–water partition coefficient (Wildman–Crippen LogP) is 0.199. The lowest BCUT2D eigenvalue weighted by molar-refractivity contribution is -0.136. The van der Waals surface area contributed by atoms with Gasteiger partial charge in [0.25, 0.3) is 0 Å². The number of aliphatic hydroxyl groups is 1. The van der Waals surface area contributed by atoms with Gasteiger partial charge in [-0.15, -0.1) is 0 Å². The highest BCUT2D eigenvalue weighted by Crippen LogP contribution is 2.38. The van der Waals surface area contributed by atoms with Gasteiger partial charge in [-0.05, 0) is 32.6 Å². The number of anilines is 1. The second-order valence-corrected chi connectivity index (χ2v) is 5.09. The molecule has 2 amide bonds. The van der Waals surface area contributed by atoms with E-state index >= 15 is 0 Å². The van der Waals surface area contributed by atoms with Crippen molar-refractivity contribution in [3.63, 3.8) is 0 Å². The molecule has 0 bridgehead atoms. The third-order valence-corrected chi connectivity index (χ3v) is 3.14. The topological polar surface area (TPSA) is 104 Å². The fourth-order valence-electron chi connectivity index (χ4n) is 1.79. The molecule has 1 aliphatic rings. The number of carbonyl (C=O) groups excluding carboxylic acids is 2. The Bertz CT molecular complexity index is 491. The van der Waals surface area contributed by atoms with Gasteiger partial charge in [0.2, 0.25) is 0 Å². The molecule has 19 heavy (non-hydrogen) atoms. The zero-order valence-corrected chi connectivity index (χ0v) is 10.9. The second-order valence-electron chi connectivity index (χ2n) is 5.09. The van der Waals surface area contributed by atoms with Crippen LogP contribution in [0.1, 0.15) is 25.5 Å². The molecule has 3 N–H and O–H groups in total. The second kappa shape index (κ2) is 5.00. The van der Waals surface area contributed by atoms with Crippen molar-refractivity contribution in [2.24, 2.45) is 5.92 Å². The van der Waals surface area contributed by atoms with Crippen LogP contribution in [-0.2, 0) is 9.59 Å². The van der Waals surface area contributed by atoms with Crippen molar-refractivity contribution in [1.29, 1.82) is 0 Å². The Hall–Kier alpha value is -1.89. The van der Waals surface area contributed by atoms with E-state index in [9.17, 15) is 14.7 Å². The molecule has 1 heterocycles. The van der Waals surface area contributed by atoms with E-state index < -0.39 is 17.4 Å². The molecule has 1 aromatic rings. The van der Waals surface area contributed by atoms with Crippen LogP contribution in [0.15, 0.2) is 10.6 Å². The first-order chi connectivity index (χ1) is 8.88. The molecular weight excluding hydrogens is 250 g/mol. The number of nitrogens with one attached hydrogen (secondary N) is 2. The summed E-state index contributed by atoms with van der Waals surface area (Å²) in [5.41, 5.74) is -0.958. The molecule has 0 saturated heterocycles. The number of hydrogen-bond donors (Lipinski definition) is 3. The van der Waals surface area contributed by atoms with Gasteiger partial charge >= 0.3 is 11.8 Å². The lowest BCUT2D eigenvalue weighted by Gasteiger charge is -2.22. The molecule has 2 rings (SSSR count). The van der Waals surface area contributed by atoms with Crippen LogP contribution < -0.4 is 10.6 Å². The summed E-state index contributed by atoms with van der Waals surface area (Å²) in [5, 5.41) is 18.3. The molecule has 0 aliphatic heterocycles. The Morgan fingerprint density at radius 2 is 2.21 bits per heavy atom. The van der Waals surface area contributed by atoms with Crippen LogP contribution in [0, 0.1) is 12.8 Å². The van der Waals surface area contributed by atoms with Crippen LogP contribution in [0.25, 0.3) is 0 Å². The third kappa shape index (κ3) is 3.54. The first-order valence-electron chi connectivity index (χ1n) is 6.13. The summed E-state index contributed by atoms with van der Waals surface area (Å²) in [5.74, 6) is -0.713. The van der Waals surface area contributed by atoms with Gasteiger partial charge in [0.15, 0.2) is 5.82 Å². The number of amides is 2. The zero-order valence-electron chi connectivity index (χ0n) is 10.9. The highest BCUT2D eigenvalue weighted by atomic mass is 16.5. The van der Waals surface area contributed by atoms with Crippen LogP contribution in [0.5, 0.6) is 0 Å². The highest BCUT2D eigenvalue weighted by molar-refractivity contribution is 6.39. The molecule has 1 saturated carbocycles. The molecule has 1 unspecified atom stereocenters. The summed E-state index contributed by atoms with van der Waals surface area (Å²) < 4.78 is 4.76. The van der Waals surface area contributed by atoms with Crippen molar-refractivity contribution in [3.8, 4) is 0 Å². The third-order valence-electron chi connectivity index (χ3n) is 3.14. The highest BCUT2D eigenvalue weighted by Gasteiger charge is 2.40. The molecule has 1 aliphatic carbocycles. The van der Waals surface area contributed by atoms with Crippen molar-refractivity contribution in [2.45, 2.75) is 32.3 Å². The van der Waals surface area contributed by atoms with Gasteiger partial charge < -0.3 is 14.9 Å². The molecule has 1 fully saturated rings. The first-order valence-corrected chi connectivity index (χ1v) is 6.13. The van der Waals surface area contributed by atoms with Gasteiger partial charge in [0, 0.05) is 12.6 Å². The SMILES string of the molecule is Cc1cc(NC(=O)C(=O)NCC(C)(O)C2CC2)no1. The Labute approximate surface area is 110 Å². The molecule has 104 valence electrons. The molecule has 7 nitrogen and oxygen atoms in total. The summed E-state index contributed by atoms with van der Waals surface area (Å²) in [6, 6.07) is 1.51. The van der Waals surface area contributed by atoms with Gasteiger partial charge in [0.1, 0.15) is 5.76 Å². The fraction of sp³-hybridized carbons (Fsp3) is 0.583. The van der Waals surface area contributed by atoms with Crippen molar-refractivity contribution in [1.82, 2.24) is 10.5 Å². The molecule has 0 spiro atoms. The van der Waals surface area contributed by atoms with Crippen LogP contribution in [0.4, 0.5) is 5.82 Å². The summed E-state index contributed by atoms with van der Waals surface area (Å²) in [7, 11) is 0. The maximum Gasteiger partial charge on any atom is 0.314 e. The minimum absolute atomic E-state index is 0.0573. The Kier molecular flexibility index (Phi) is 3.57. The predicted molar refractivity (Wildman–Crippen MR) is 66.2 cm³/mol. The summed E-state index contributed by atoms with van der Waals surface area (Å²) >= 11 is 0. The maximum absolute atomic E-state index is 11.6. The maximum atomic E-state index is 11.6. The van der Waals surface area contributed by atoms with Gasteiger partial charge in [-0.25, -0.2) is 0 Å². The number of aryl methyl sites for hydroxylation is 1. The largest absolute Gasteiger partial charge is 0.388 e. The first kappa shape index (κ1) is 13.5. The van der Waals surface area contributed by atoms with Crippen LogP contribution >= 0.6 is 0 Å². The smallest absolute Gasteiger partial charge is 0.314 e. The van der Waals surface area contributed by atoms with E-state index in [1.165, 1.54) is 6.07 Å². The Morgan fingerprint density at radius 3 is 2.74 bits per heavy atom. The monoisotopic (exact) mass is 267 g/mol. The summed E-state index contributed by atoms with van der Waals surface area (Å²) in [4.78, 5) is 23.1. The minimum Gasteiger partial charge on any atom is -0.388 e. The zero-order chi connectivity index (χ0) is 14.0. The number of rotatable bonds is 4. The van der Waals surface area contributed by atoms with E-state index in [4.69, 9.17) is 4.52 Å². The summed E-state index contributed by atoms with van der Waals surface area (Å²) in [6.07, 6.45) is 1.90. The van der Waals surface area contributed by atoms with E-state index in [1.807, 2.05) is 0 Å². The van der Waals surface area contributed by atoms with Crippen LogP contribution in [0.2, 0.25) is 0 Å². The number of carbonyl (C=O) groups is 2. The quantitative estimate of drug-likeness (QED) is 0.676. The molecule has 1 aromatic heterocycles. The van der Waals surface area contributed by atoms with E-state index in [2.05, 4.69) is 15.8 Å². The van der Waals surface area contributed by atoms with Crippen LogP contribution in [-0.4, -0.2) is 34.2 Å². The number of aromatic nitrogens is 1. The Balaban J connectivity index is 1.80. The molecular formula is C12H17N3O4. The van der Waals surface area contributed by atoms with Crippen molar-refractivity contribution in [2.75, 3.05) is 11.9 Å². The van der Waals surface area contributed by atoms with Gasteiger partial charge in [-0.1, -0.05) is 5.16 Å². The minimum atomic E-state index is -0.958. The average Bonchev–Trinajstić information content (AvgIpc) is 3.12. The Morgan fingerprint density at radius 1 is 1.53 bits per heavy atom. The van der Waals surface area contributed by atoms with Gasteiger partial charge in [-0.3, -0.25) is 14.9 Å². The van der Waals surface area contributed by atoms with Crippen molar-refractivity contribution in [3.05, 3.63) is 11.8 Å². The van der Waals surface area contributed by atoms with Gasteiger partial charge in [-0.2, -0.15) is 0 Å². The lowest BCUT2D eigenvalue weighted by Crippen LogP contribution is -2.45. The van der Waals surface area contributed by atoms with E-state index in [-0.39, 0.29) is 18.3 Å². The molecule has 0 radical (unpaired) electrons. The number of nitrogens with zero attached hydrogens (tertiary/aromatic N) is 1. The molecule has 0 aromatic carbocycles. The van der Waals surface area contributed by atoms with E-state index in [1.54, 1.807) is 13.8 Å². The standard InChI is InChI=1S/C12H17N3O4/c1-7-5-9(15-19-7)14-11(17)10(16)13-6-12(2,18)8-3-4-8/h5,8,18H,3-4,6H2,1-2H3,(H,13,16)(H,14,15,17). The van der Waals surface area contributed by atoms with Crippen molar-refractivity contribution >= 4 is 17.6 Å². The fourth-order valence-corrected chi connectivity index (χ4v) is 1.79. The molecule has 1 atom stereocenters. The number of hydrogen-bond acceptors (Lipinski definition) is 5. The average molecular weight is 267 g/mol. The van der Waals surface area contributed by atoms with Crippen molar-refractivity contribution < 1.29 is 19.2 Å². The van der Waals surface area contributed by atoms with Gasteiger partial charge in [0.05, 0.1) is 5.60 Å². The molecule has 7 heteroatoms. The van der Waals surface area contributed by atoms with Crippen LogP contribution in [0.3, 0.4) is 0 Å². The van der Waals surface area contributed by atoms with E-state index in [0.29, 0.717) is 5.76 Å². The lowest BCUT2D eigenvalue weighted by atomic mass is 10.0. The summed E-state index contributed by atoms with van der Waals surface area (Å²) in [6.45, 7) is 3.39.